The molecule has 0 radical (unpaired) electrons. The molecule has 0 unspecified atom stereocenters. The van der Waals surface area contributed by atoms with E-state index in [2.05, 4.69) is 20.9 Å². The Bertz CT molecular complexity index is 1080. The van der Waals surface area contributed by atoms with Crippen molar-refractivity contribution in [3.05, 3.63) is 72.6 Å². The fraction of sp³-hybridized carbons (Fsp3) is 0.182. The Hall–Kier alpha value is -3.94. The molecule has 1 atom stereocenters. The second-order valence-electron chi connectivity index (χ2n) is 6.93. The van der Waals surface area contributed by atoms with Crippen LogP contribution in [0.25, 0.3) is 11.4 Å². The summed E-state index contributed by atoms with van der Waals surface area (Å²) in [7, 11) is 0. The number of hydrogen-bond acceptors (Lipinski definition) is 4. The molecule has 30 heavy (non-hydrogen) atoms. The highest BCUT2D eigenvalue weighted by Gasteiger charge is 2.29. The number of para-hydroxylation sites is 1. The lowest BCUT2D eigenvalue weighted by atomic mass is 10.1. The van der Waals surface area contributed by atoms with Crippen molar-refractivity contribution in [3.8, 4) is 11.4 Å². The van der Waals surface area contributed by atoms with E-state index in [0.717, 1.165) is 11.4 Å². The Morgan fingerprint density at radius 2 is 1.83 bits per heavy atom. The van der Waals surface area contributed by atoms with Gasteiger partial charge in [0, 0.05) is 31.0 Å². The first-order chi connectivity index (χ1) is 14.6. The summed E-state index contributed by atoms with van der Waals surface area (Å²) in [4.78, 5) is 41.5. The average molecular weight is 403 g/mol. The fourth-order valence-electron chi connectivity index (χ4n) is 3.37. The van der Waals surface area contributed by atoms with Crippen LogP contribution in [-0.4, -0.2) is 39.9 Å². The molecule has 2 aromatic carbocycles. The molecule has 0 saturated carbocycles. The van der Waals surface area contributed by atoms with Gasteiger partial charge < -0.3 is 20.5 Å². The molecule has 1 aromatic heterocycles. The molecule has 8 heteroatoms. The number of anilines is 1. The van der Waals surface area contributed by atoms with Gasteiger partial charge in [0.15, 0.2) is 0 Å². The minimum atomic E-state index is -0.932. The molecular weight excluding hydrogens is 382 g/mol. The van der Waals surface area contributed by atoms with Crippen LogP contribution in [0.1, 0.15) is 16.8 Å². The predicted octanol–water partition coefficient (Wildman–Crippen LogP) is 1.81. The zero-order valence-corrected chi connectivity index (χ0v) is 16.2. The third-order valence-corrected chi connectivity index (χ3v) is 4.86. The van der Waals surface area contributed by atoms with Crippen molar-refractivity contribution < 1.29 is 14.4 Å². The molecule has 0 spiro atoms. The van der Waals surface area contributed by atoms with Crippen molar-refractivity contribution in [3.63, 3.8) is 0 Å². The quantitative estimate of drug-likeness (QED) is 0.584. The van der Waals surface area contributed by atoms with Gasteiger partial charge in [0.1, 0.15) is 11.9 Å². The highest BCUT2D eigenvalue weighted by Crippen LogP contribution is 2.19. The van der Waals surface area contributed by atoms with Crippen molar-refractivity contribution >= 4 is 23.4 Å². The van der Waals surface area contributed by atoms with Crippen LogP contribution in [0.3, 0.4) is 0 Å². The highest BCUT2D eigenvalue weighted by atomic mass is 16.2. The first-order valence-electron chi connectivity index (χ1n) is 9.66. The van der Waals surface area contributed by atoms with Crippen molar-refractivity contribution in [1.82, 2.24) is 20.2 Å². The fourth-order valence-corrected chi connectivity index (χ4v) is 3.37. The van der Waals surface area contributed by atoms with Gasteiger partial charge in [-0.1, -0.05) is 42.5 Å². The number of nitrogens with one attached hydrogen (secondary N) is 3. The maximum atomic E-state index is 12.4. The van der Waals surface area contributed by atoms with Gasteiger partial charge in [0.25, 0.3) is 5.91 Å². The first-order valence-corrected chi connectivity index (χ1v) is 9.66. The van der Waals surface area contributed by atoms with E-state index in [1.807, 2.05) is 41.1 Å². The Morgan fingerprint density at radius 1 is 1.07 bits per heavy atom. The Labute approximate surface area is 173 Å². The van der Waals surface area contributed by atoms with Crippen LogP contribution in [0.5, 0.6) is 0 Å². The second-order valence-corrected chi connectivity index (χ2v) is 6.93. The topological polar surface area (TPSA) is 105 Å². The van der Waals surface area contributed by atoms with Crippen LogP contribution >= 0.6 is 0 Å². The molecule has 1 aliphatic rings. The minimum absolute atomic E-state index is 0.138. The lowest BCUT2D eigenvalue weighted by Gasteiger charge is -2.15. The van der Waals surface area contributed by atoms with Crippen LogP contribution in [0.4, 0.5) is 5.69 Å². The van der Waals surface area contributed by atoms with Gasteiger partial charge in [0.2, 0.25) is 11.8 Å². The average Bonchev–Trinajstić information content (AvgIpc) is 3.18. The molecule has 0 saturated heterocycles. The molecule has 0 fully saturated rings. The van der Waals surface area contributed by atoms with Crippen LogP contribution in [0, 0.1) is 0 Å². The molecule has 152 valence electrons. The Morgan fingerprint density at radius 3 is 2.67 bits per heavy atom. The van der Waals surface area contributed by atoms with Crippen molar-refractivity contribution in [2.75, 3.05) is 11.9 Å². The van der Waals surface area contributed by atoms with E-state index in [0.29, 0.717) is 24.3 Å². The summed E-state index contributed by atoms with van der Waals surface area (Å²) in [5.41, 5.74) is 1.81. The number of imidazole rings is 1. The van der Waals surface area contributed by atoms with Crippen LogP contribution in [-0.2, 0) is 16.1 Å². The molecule has 0 bridgehead atoms. The molecule has 2 heterocycles. The number of rotatable bonds is 6. The Kier molecular flexibility index (Phi) is 5.56. The smallest absolute Gasteiger partial charge is 0.254 e. The van der Waals surface area contributed by atoms with Crippen molar-refractivity contribution in [1.29, 1.82) is 0 Å². The molecule has 0 aliphatic carbocycles. The second kappa shape index (κ2) is 8.60. The molecule has 4 rings (SSSR count). The highest BCUT2D eigenvalue weighted by molar-refractivity contribution is 6.10. The molecule has 3 aromatic rings. The summed E-state index contributed by atoms with van der Waals surface area (Å²) < 4.78 is 1.95. The number of carbonyl (C=O) groups is 3. The number of amides is 3. The SMILES string of the molecule is O=C(C[C@@H]1NC(=O)c2ccccc2NC1=O)NCCn1ccnc1-c1ccccc1. The summed E-state index contributed by atoms with van der Waals surface area (Å²) in [5, 5.41) is 8.13. The lowest BCUT2D eigenvalue weighted by molar-refractivity contribution is -0.125. The number of carbonyl (C=O) groups excluding carboxylic acids is 3. The van der Waals surface area contributed by atoms with E-state index in [-0.39, 0.29) is 18.2 Å². The normalized spacial score (nSPS) is 15.5. The minimum Gasteiger partial charge on any atom is -0.354 e. The van der Waals surface area contributed by atoms with Gasteiger partial charge in [-0.05, 0) is 12.1 Å². The zero-order valence-electron chi connectivity index (χ0n) is 16.2. The first kappa shape index (κ1) is 19.4. The molecule has 1 aliphatic heterocycles. The molecular formula is C22H21N5O3. The largest absolute Gasteiger partial charge is 0.354 e. The third-order valence-electron chi connectivity index (χ3n) is 4.86. The van der Waals surface area contributed by atoms with Crippen LogP contribution in [0.2, 0.25) is 0 Å². The van der Waals surface area contributed by atoms with Gasteiger partial charge in [-0.2, -0.15) is 0 Å². The maximum Gasteiger partial charge on any atom is 0.254 e. The van der Waals surface area contributed by atoms with Gasteiger partial charge in [-0.3, -0.25) is 14.4 Å². The summed E-state index contributed by atoms with van der Waals surface area (Å²) in [6, 6.07) is 15.6. The summed E-state index contributed by atoms with van der Waals surface area (Å²) in [5.74, 6) is -0.294. The van der Waals surface area contributed by atoms with E-state index < -0.39 is 11.9 Å². The summed E-state index contributed by atoms with van der Waals surface area (Å²) in [6.45, 7) is 0.905. The zero-order chi connectivity index (χ0) is 20.9. The van der Waals surface area contributed by atoms with Gasteiger partial charge in [0.05, 0.1) is 17.7 Å². The lowest BCUT2D eigenvalue weighted by Crippen LogP contribution is -2.44. The van der Waals surface area contributed by atoms with E-state index in [9.17, 15) is 14.4 Å². The summed E-state index contributed by atoms with van der Waals surface area (Å²) >= 11 is 0. The maximum absolute atomic E-state index is 12.4. The van der Waals surface area contributed by atoms with Crippen LogP contribution < -0.4 is 16.0 Å². The van der Waals surface area contributed by atoms with Crippen molar-refractivity contribution in [2.24, 2.45) is 0 Å². The number of fused-ring (bicyclic) bond motifs is 1. The number of hydrogen-bond donors (Lipinski definition) is 3. The van der Waals surface area contributed by atoms with E-state index in [1.54, 1.807) is 30.5 Å². The molecule has 8 nitrogen and oxygen atoms in total. The molecule has 3 N–H and O–H groups in total. The third kappa shape index (κ3) is 4.22. The van der Waals surface area contributed by atoms with Crippen LogP contribution in [0.15, 0.2) is 67.0 Å². The van der Waals surface area contributed by atoms with E-state index >= 15 is 0 Å². The monoisotopic (exact) mass is 403 g/mol. The standard InChI is InChI=1S/C22H21N5O3/c28-19(14-18-22(30)25-17-9-5-4-8-16(17)21(29)26-18)23-10-12-27-13-11-24-20(27)15-6-2-1-3-7-15/h1-9,11,13,18H,10,12,14H2,(H,23,28)(H,25,30)(H,26,29)/t18-/m0/s1. The number of nitrogens with zero attached hydrogens (tertiary/aromatic N) is 2. The van der Waals surface area contributed by atoms with Gasteiger partial charge in [-0.25, -0.2) is 4.98 Å². The van der Waals surface area contributed by atoms with Crippen molar-refractivity contribution in [2.45, 2.75) is 19.0 Å². The number of benzene rings is 2. The Balaban J connectivity index is 1.32. The predicted molar refractivity (Wildman–Crippen MR) is 112 cm³/mol. The molecule has 3 amide bonds. The summed E-state index contributed by atoms with van der Waals surface area (Å²) in [6.07, 6.45) is 3.43. The van der Waals surface area contributed by atoms with Gasteiger partial charge >= 0.3 is 0 Å². The van der Waals surface area contributed by atoms with E-state index in [1.165, 1.54) is 0 Å². The number of aromatic nitrogens is 2. The van der Waals surface area contributed by atoms with Gasteiger partial charge in [-0.15, -0.1) is 0 Å². The van der Waals surface area contributed by atoms with E-state index in [4.69, 9.17) is 0 Å².